The Balaban J connectivity index is 2.48. The molecule has 0 heterocycles. The third-order valence-electron chi connectivity index (χ3n) is 2.57. The van der Waals surface area contributed by atoms with E-state index in [0.717, 1.165) is 0 Å². The number of ether oxygens (including phenoxy) is 1. The number of rotatable bonds is 6. The predicted molar refractivity (Wildman–Crippen MR) is 71.3 cm³/mol. The summed E-state index contributed by atoms with van der Waals surface area (Å²) >= 11 is 5.94. The largest absolute Gasteiger partial charge is 0.507 e. The second kappa shape index (κ2) is 7.24. The molecule has 2 N–H and O–H groups in total. The molecule has 0 bridgehead atoms. The topological polar surface area (TPSA) is 58.6 Å². The van der Waals surface area contributed by atoms with Crippen LogP contribution in [-0.4, -0.2) is 36.7 Å². The van der Waals surface area contributed by atoms with Gasteiger partial charge in [-0.15, -0.1) is 11.6 Å². The van der Waals surface area contributed by atoms with E-state index in [1.165, 1.54) is 0 Å². The maximum Gasteiger partial charge on any atom is 0.255 e. The lowest BCUT2D eigenvalue weighted by Gasteiger charge is -2.10. The average Bonchev–Trinajstić information content (AvgIpc) is 2.33. The van der Waals surface area contributed by atoms with E-state index in [9.17, 15) is 9.90 Å². The third-order valence-corrected chi connectivity index (χ3v) is 2.92. The molecule has 1 aromatic carbocycles. The number of carbonyl (C=O) groups excluding carboxylic acids is 1. The SMILES string of the molecule is COCC(Cl)CCNC(=O)c1cccc(C)c1O. The molecule has 5 heteroatoms. The molecule has 1 unspecified atom stereocenters. The number of aromatic hydroxyl groups is 1. The first-order valence-corrected chi connectivity index (χ1v) is 6.19. The van der Waals surface area contributed by atoms with Crippen LogP contribution in [0, 0.1) is 6.92 Å². The molecule has 100 valence electrons. The van der Waals surface area contributed by atoms with Gasteiger partial charge in [0, 0.05) is 13.7 Å². The first kappa shape index (κ1) is 14.8. The molecule has 0 saturated heterocycles. The molecule has 1 aromatic rings. The number of benzene rings is 1. The van der Waals surface area contributed by atoms with Crippen molar-refractivity contribution in [2.24, 2.45) is 0 Å². The molecule has 1 rings (SSSR count). The fourth-order valence-electron chi connectivity index (χ4n) is 1.54. The van der Waals surface area contributed by atoms with Crippen LogP contribution in [0.4, 0.5) is 0 Å². The van der Waals surface area contributed by atoms with Crippen molar-refractivity contribution in [3.8, 4) is 5.75 Å². The Morgan fingerprint density at radius 3 is 2.94 bits per heavy atom. The van der Waals surface area contributed by atoms with Crippen molar-refractivity contribution in [2.45, 2.75) is 18.7 Å². The lowest BCUT2D eigenvalue weighted by Crippen LogP contribution is -2.27. The van der Waals surface area contributed by atoms with Crippen molar-refractivity contribution >= 4 is 17.5 Å². The Bertz CT molecular complexity index is 409. The highest BCUT2D eigenvalue weighted by molar-refractivity contribution is 6.20. The highest BCUT2D eigenvalue weighted by Crippen LogP contribution is 2.21. The van der Waals surface area contributed by atoms with E-state index in [1.54, 1.807) is 32.2 Å². The van der Waals surface area contributed by atoms with Crippen molar-refractivity contribution < 1.29 is 14.6 Å². The van der Waals surface area contributed by atoms with Crippen molar-refractivity contribution in [2.75, 3.05) is 20.3 Å². The van der Waals surface area contributed by atoms with E-state index in [4.69, 9.17) is 16.3 Å². The lowest BCUT2D eigenvalue weighted by molar-refractivity contribution is 0.0949. The standard InChI is InChI=1S/C13H18ClNO3/c1-9-4-3-5-11(12(9)16)13(17)15-7-6-10(14)8-18-2/h3-5,10,16H,6-8H2,1-2H3,(H,15,17). The Morgan fingerprint density at radius 1 is 1.56 bits per heavy atom. The summed E-state index contributed by atoms with van der Waals surface area (Å²) in [5.41, 5.74) is 0.963. The number of amides is 1. The van der Waals surface area contributed by atoms with Gasteiger partial charge in [0.2, 0.25) is 0 Å². The van der Waals surface area contributed by atoms with Gasteiger partial charge in [-0.25, -0.2) is 0 Å². The number of phenols is 1. The smallest absolute Gasteiger partial charge is 0.255 e. The number of para-hydroxylation sites is 1. The summed E-state index contributed by atoms with van der Waals surface area (Å²) in [5.74, 6) is -0.271. The predicted octanol–water partition coefficient (Wildman–Crippen LogP) is 2.07. The lowest BCUT2D eigenvalue weighted by atomic mass is 10.1. The number of alkyl halides is 1. The molecule has 0 fully saturated rings. The summed E-state index contributed by atoms with van der Waals surface area (Å²) in [7, 11) is 1.58. The van der Waals surface area contributed by atoms with E-state index < -0.39 is 0 Å². The Kier molecular flexibility index (Phi) is 5.95. The maximum atomic E-state index is 11.8. The zero-order valence-electron chi connectivity index (χ0n) is 10.6. The minimum atomic E-state index is -0.294. The summed E-state index contributed by atoms with van der Waals surface area (Å²) in [6, 6.07) is 5.07. The minimum absolute atomic E-state index is 0.0225. The minimum Gasteiger partial charge on any atom is -0.507 e. The third kappa shape index (κ3) is 4.20. The van der Waals surface area contributed by atoms with Gasteiger partial charge in [-0.05, 0) is 25.0 Å². The van der Waals surface area contributed by atoms with Gasteiger partial charge in [-0.3, -0.25) is 4.79 Å². The molecule has 0 spiro atoms. The molecule has 4 nitrogen and oxygen atoms in total. The van der Waals surface area contributed by atoms with Crippen molar-refractivity contribution in [3.63, 3.8) is 0 Å². The van der Waals surface area contributed by atoms with Crippen LogP contribution in [0.3, 0.4) is 0 Å². The van der Waals surface area contributed by atoms with E-state index in [1.807, 2.05) is 0 Å². The Labute approximate surface area is 112 Å². The molecule has 18 heavy (non-hydrogen) atoms. The van der Waals surface area contributed by atoms with Gasteiger partial charge in [-0.2, -0.15) is 0 Å². The highest BCUT2D eigenvalue weighted by Gasteiger charge is 2.12. The van der Waals surface area contributed by atoms with Gasteiger partial charge in [0.1, 0.15) is 5.75 Å². The van der Waals surface area contributed by atoms with Crippen molar-refractivity contribution in [1.82, 2.24) is 5.32 Å². The summed E-state index contributed by atoms with van der Waals surface area (Å²) in [4.78, 5) is 11.8. The Hall–Kier alpha value is -1.26. The molecule has 1 amide bonds. The first-order chi connectivity index (χ1) is 8.56. The second-order valence-electron chi connectivity index (χ2n) is 4.07. The van der Waals surface area contributed by atoms with Gasteiger partial charge in [0.05, 0.1) is 17.5 Å². The molecule has 0 aromatic heterocycles. The number of halogens is 1. The summed E-state index contributed by atoms with van der Waals surface area (Å²) < 4.78 is 4.90. The Morgan fingerprint density at radius 2 is 2.28 bits per heavy atom. The fourth-order valence-corrected chi connectivity index (χ4v) is 1.78. The van der Waals surface area contributed by atoms with Crippen LogP contribution in [0.15, 0.2) is 18.2 Å². The summed E-state index contributed by atoms with van der Waals surface area (Å²) in [6.45, 7) is 2.65. The van der Waals surface area contributed by atoms with Crippen LogP contribution in [0.1, 0.15) is 22.3 Å². The number of carbonyl (C=O) groups is 1. The number of nitrogens with one attached hydrogen (secondary N) is 1. The van der Waals surface area contributed by atoms with E-state index >= 15 is 0 Å². The van der Waals surface area contributed by atoms with Crippen LogP contribution < -0.4 is 5.32 Å². The number of phenolic OH excluding ortho intramolecular Hbond substituents is 1. The number of aryl methyl sites for hydroxylation is 1. The van der Waals surface area contributed by atoms with Crippen LogP contribution >= 0.6 is 11.6 Å². The van der Waals surface area contributed by atoms with E-state index in [0.29, 0.717) is 25.1 Å². The summed E-state index contributed by atoms with van der Waals surface area (Å²) in [6.07, 6.45) is 0.619. The molecule has 0 aliphatic heterocycles. The van der Waals surface area contributed by atoms with Gasteiger partial charge in [0.25, 0.3) is 5.91 Å². The molecule has 0 aliphatic rings. The number of hydrogen-bond acceptors (Lipinski definition) is 3. The van der Waals surface area contributed by atoms with E-state index in [2.05, 4.69) is 5.32 Å². The average molecular weight is 272 g/mol. The van der Waals surface area contributed by atoms with Crippen molar-refractivity contribution in [1.29, 1.82) is 0 Å². The molecule has 0 saturated carbocycles. The number of methoxy groups -OCH3 is 1. The van der Waals surface area contributed by atoms with Gasteiger partial charge < -0.3 is 15.2 Å². The molecule has 1 atom stereocenters. The van der Waals surface area contributed by atoms with Crippen LogP contribution in [0.25, 0.3) is 0 Å². The quantitative estimate of drug-likeness (QED) is 0.779. The van der Waals surface area contributed by atoms with Gasteiger partial charge in [-0.1, -0.05) is 12.1 Å². The highest BCUT2D eigenvalue weighted by atomic mass is 35.5. The molecular formula is C13H18ClNO3. The first-order valence-electron chi connectivity index (χ1n) is 5.76. The second-order valence-corrected chi connectivity index (χ2v) is 4.69. The zero-order chi connectivity index (χ0) is 13.5. The molecular weight excluding hydrogens is 254 g/mol. The maximum absolute atomic E-state index is 11.8. The van der Waals surface area contributed by atoms with Gasteiger partial charge >= 0.3 is 0 Å². The van der Waals surface area contributed by atoms with Gasteiger partial charge in [0.15, 0.2) is 0 Å². The van der Waals surface area contributed by atoms with Crippen LogP contribution in [-0.2, 0) is 4.74 Å². The normalized spacial score (nSPS) is 12.2. The number of hydrogen-bond donors (Lipinski definition) is 2. The molecule has 0 radical (unpaired) electrons. The summed E-state index contributed by atoms with van der Waals surface area (Å²) in [5, 5.41) is 12.3. The fraction of sp³-hybridized carbons (Fsp3) is 0.462. The van der Waals surface area contributed by atoms with Crippen molar-refractivity contribution in [3.05, 3.63) is 29.3 Å². The molecule has 0 aliphatic carbocycles. The van der Waals surface area contributed by atoms with Crippen LogP contribution in [0.5, 0.6) is 5.75 Å². The van der Waals surface area contributed by atoms with Crippen LogP contribution in [0.2, 0.25) is 0 Å². The zero-order valence-corrected chi connectivity index (χ0v) is 11.3. The van der Waals surface area contributed by atoms with E-state index in [-0.39, 0.29) is 22.6 Å². The monoisotopic (exact) mass is 271 g/mol.